The zero-order valence-electron chi connectivity index (χ0n) is 14.4. The molecule has 0 radical (unpaired) electrons. The molecular weight excluding hydrogens is 368 g/mol. The molecule has 26 heavy (non-hydrogen) atoms. The molecule has 0 spiro atoms. The van der Waals surface area contributed by atoms with Gasteiger partial charge < -0.3 is 4.57 Å². The van der Waals surface area contributed by atoms with Crippen LogP contribution in [0.4, 0.5) is 0 Å². The highest BCUT2D eigenvalue weighted by atomic mass is 32.2. The van der Waals surface area contributed by atoms with Gasteiger partial charge >= 0.3 is 0 Å². The highest BCUT2D eigenvalue weighted by Gasteiger charge is 2.32. The number of aromatic nitrogens is 3. The van der Waals surface area contributed by atoms with Crippen LogP contribution < -0.4 is 0 Å². The van der Waals surface area contributed by atoms with E-state index in [-0.39, 0.29) is 6.04 Å². The third kappa shape index (κ3) is 3.08. The van der Waals surface area contributed by atoms with Crippen LogP contribution in [0.3, 0.4) is 0 Å². The number of imidazole rings is 1. The minimum Gasteiger partial charge on any atom is -0.324 e. The Morgan fingerprint density at radius 1 is 1.23 bits per heavy atom. The van der Waals surface area contributed by atoms with Crippen molar-refractivity contribution in [2.24, 2.45) is 0 Å². The third-order valence-corrected chi connectivity index (χ3v) is 7.95. The maximum absolute atomic E-state index is 12.9. The summed E-state index contributed by atoms with van der Waals surface area (Å²) in [6.07, 6.45) is 7.14. The standard InChI is InChI=1S/C18H20N4O2S2/c1-14-11-20-18(15-5-2-8-19-12-15)22(14)16-6-3-9-21(13-16)26(23,24)17-7-4-10-25-17/h2,4-5,7-8,10-12,16H,3,6,9,13H2,1H3. The molecule has 6 nitrogen and oxygen atoms in total. The first-order valence-corrected chi connectivity index (χ1v) is 10.9. The summed E-state index contributed by atoms with van der Waals surface area (Å²) in [5.41, 5.74) is 1.98. The molecule has 0 amide bonds. The van der Waals surface area contributed by atoms with Gasteiger partial charge in [0.25, 0.3) is 10.0 Å². The van der Waals surface area contributed by atoms with Gasteiger partial charge in [0.1, 0.15) is 10.0 Å². The molecule has 3 aromatic heterocycles. The van der Waals surface area contributed by atoms with E-state index in [1.54, 1.807) is 34.2 Å². The fourth-order valence-electron chi connectivity index (χ4n) is 3.50. The van der Waals surface area contributed by atoms with Gasteiger partial charge in [-0.3, -0.25) is 4.98 Å². The van der Waals surface area contributed by atoms with Gasteiger partial charge in [-0.1, -0.05) is 6.07 Å². The van der Waals surface area contributed by atoms with Gasteiger partial charge in [-0.2, -0.15) is 4.31 Å². The van der Waals surface area contributed by atoms with Crippen molar-refractivity contribution in [1.82, 2.24) is 18.8 Å². The minimum atomic E-state index is -3.43. The van der Waals surface area contributed by atoms with Crippen molar-refractivity contribution in [2.75, 3.05) is 13.1 Å². The molecule has 0 N–H and O–H groups in total. The van der Waals surface area contributed by atoms with Crippen molar-refractivity contribution in [3.63, 3.8) is 0 Å². The fraction of sp³-hybridized carbons (Fsp3) is 0.333. The van der Waals surface area contributed by atoms with E-state index in [4.69, 9.17) is 0 Å². The minimum absolute atomic E-state index is 0.0659. The second-order valence-corrected chi connectivity index (χ2v) is 9.54. The summed E-state index contributed by atoms with van der Waals surface area (Å²) in [6, 6.07) is 7.38. The van der Waals surface area contributed by atoms with Gasteiger partial charge in [-0.15, -0.1) is 11.3 Å². The van der Waals surface area contributed by atoms with Gasteiger partial charge in [0.15, 0.2) is 0 Å². The normalized spacial score (nSPS) is 18.9. The Labute approximate surface area is 157 Å². The molecule has 1 saturated heterocycles. The van der Waals surface area contributed by atoms with Gasteiger partial charge in [0, 0.05) is 49.0 Å². The Morgan fingerprint density at radius 3 is 2.85 bits per heavy atom. The maximum atomic E-state index is 12.9. The molecule has 1 aliphatic heterocycles. The lowest BCUT2D eigenvalue weighted by atomic mass is 10.1. The lowest BCUT2D eigenvalue weighted by Gasteiger charge is -2.33. The van der Waals surface area contributed by atoms with Crippen molar-refractivity contribution in [3.05, 3.63) is 53.9 Å². The van der Waals surface area contributed by atoms with E-state index in [0.717, 1.165) is 29.9 Å². The van der Waals surface area contributed by atoms with Crippen LogP contribution >= 0.6 is 11.3 Å². The van der Waals surface area contributed by atoms with Gasteiger partial charge in [0.05, 0.1) is 0 Å². The summed E-state index contributed by atoms with van der Waals surface area (Å²) < 4.78 is 30.0. The average molecular weight is 389 g/mol. The first-order chi connectivity index (χ1) is 12.6. The fourth-order valence-corrected chi connectivity index (χ4v) is 6.16. The number of nitrogens with zero attached hydrogens (tertiary/aromatic N) is 4. The van der Waals surface area contributed by atoms with E-state index in [2.05, 4.69) is 14.5 Å². The Balaban J connectivity index is 1.67. The van der Waals surface area contributed by atoms with Crippen molar-refractivity contribution in [1.29, 1.82) is 0 Å². The maximum Gasteiger partial charge on any atom is 0.252 e. The molecule has 0 saturated carbocycles. The highest BCUT2D eigenvalue weighted by molar-refractivity contribution is 7.91. The van der Waals surface area contributed by atoms with Crippen molar-refractivity contribution in [3.8, 4) is 11.4 Å². The van der Waals surface area contributed by atoms with Crippen LogP contribution in [0, 0.1) is 6.92 Å². The van der Waals surface area contributed by atoms with Crippen LogP contribution in [0.25, 0.3) is 11.4 Å². The molecule has 3 aromatic rings. The molecule has 0 aromatic carbocycles. The van der Waals surface area contributed by atoms with Gasteiger partial charge in [-0.25, -0.2) is 13.4 Å². The lowest BCUT2D eigenvalue weighted by Crippen LogP contribution is -2.40. The molecular formula is C18H20N4O2S2. The van der Waals surface area contributed by atoms with Crippen LogP contribution in [-0.2, 0) is 10.0 Å². The first-order valence-electron chi connectivity index (χ1n) is 8.55. The Bertz CT molecular complexity index is 982. The van der Waals surface area contributed by atoms with Crippen LogP contribution in [-0.4, -0.2) is 40.3 Å². The molecule has 8 heteroatoms. The number of hydrogen-bond donors (Lipinski definition) is 0. The molecule has 136 valence electrons. The van der Waals surface area contributed by atoms with E-state index in [1.165, 1.54) is 11.3 Å². The van der Waals surface area contributed by atoms with E-state index in [1.807, 2.05) is 25.3 Å². The van der Waals surface area contributed by atoms with Gasteiger partial charge in [-0.05, 0) is 43.3 Å². The molecule has 1 atom stereocenters. The van der Waals surface area contributed by atoms with Crippen LogP contribution in [0.2, 0.25) is 0 Å². The van der Waals surface area contributed by atoms with E-state index < -0.39 is 10.0 Å². The number of pyridine rings is 1. The summed E-state index contributed by atoms with van der Waals surface area (Å²) in [4.78, 5) is 8.74. The van der Waals surface area contributed by atoms with E-state index in [0.29, 0.717) is 17.3 Å². The second kappa shape index (κ2) is 6.94. The zero-order chi connectivity index (χ0) is 18.1. The summed E-state index contributed by atoms with van der Waals surface area (Å²) >= 11 is 1.27. The molecule has 1 unspecified atom stereocenters. The number of thiophene rings is 1. The number of hydrogen-bond acceptors (Lipinski definition) is 5. The highest BCUT2D eigenvalue weighted by Crippen LogP contribution is 2.32. The Kier molecular flexibility index (Phi) is 4.64. The molecule has 1 aliphatic rings. The Hall–Kier alpha value is -2.03. The molecule has 4 rings (SSSR count). The second-order valence-electron chi connectivity index (χ2n) is 6.43. The van der Waals surface area contributed by atoms with Crippen LogP contribution in [0.1, 0.15) is 24.6 Å². The van der Waals surface area contributed by atoms with E-state index >= 15 is 0 Å². The van der Waals surface area contributed by atoms with Gasteiger partial charge in [0.2, 0.25) is 0 Å². The number of sulfonamides is 1. The predicted molar refractivity (Wildman–Crippen MR) is 102 cm³/mol. The van der Waals surface area contributed by atoms with Crippen molar-refractivity contribution in [2.45, 2.75) is 30.0 Å². The third-order valence-electron chi connectivity index (χ3n) is 4.72. The quantitative estimate of drug-likeness (QED) is 0.687. The topological polar surface area (TPSA) is 68.1 Å². The van der Waals surface area contributed by atoms with Crippen molar-refractivity contribution >= 4 is 21.4 Å². The summed E-state index contributed by atoms with van der Waals surface area (Å²) in [6.45, 7) is 3.04. The SMILES string of the molecule is Cc1cnc(-c2cccnc2)n1C1CCCN(S(=O)(=O)c2cccs2)C1. The summed E-state index contributed by atoms with van der Waals surface area (Å²) in [5, 5.41) is 1.80. The zero-order valence-corrected chi connectivity index (χ0v) is 16.1. The lowest BCUT2D eigenvalue weighted by molar-refractivity contribution is 0.266. The van der Waals surface area contributed by atoms with Crippen LogP contribution in [0.15, 0.2) is 52.4 Å². The number of rotatable bonds is 4. The summed E-state index contributed by atoms with van der Waals surface area (Å²) in [7, 11) is -3.43. The Morgan fingerprint density at radius 2 is 2.12 bits per heavy atom. The molecule has 0 aliphatic carbocycles. The smallest absolute Gasteiger partial charge is 0.252 e. The van der Waals surface area contributed by atoms with Crippen molar-refractivity contribution < 1.29 is 8.42 Å². The van der Waals surface area contributed by atoms with E-state index in [9.17, 15) is 8.42 Å². The number of piperidine rings is 1. The monoisotopic (exact) mass is 388 g/mol. The molecule has 0 bridgehead atoms. The predicted octanol–water partition coefficient (Wildman–Crippen LogP) is 3.34. The largest absolute Gasteiger partial charge is 0.324 e. The number of aryl methyl sites for hydroxylation is 1. The average Bonchev–Trinajstić information content (AvgIpc) is 3.33. The summed E-state index contributed by atoms with van der Waals surface area (Å²) in [5.74, 6) is 0.843. The van der Waals surface area contributed by atoms with Crippen LogP contribution in [0.5, 0.6) is 0 Å². The molecule has 1 fully saturated rings. The molecule has 4 heterocycles. The first kappa shape index (κ1) is 17.4.